The maximum atomic E-state index is 12.3. The Hall–Kier alpha value is -0.680. The molecule has 0 saturated carbocycles. The fraction of sp³-hybridized carbons (Fsp3) is 0.364. The number of alkyl halides is 4. The molecule has 0 aliphatic carbocycles. The lowest BCUT2D eigenvalue weighted by Gasteiger charge is -2.10. The van der Waals surface area contributed by atoms with Crippen molar-refractivity contribution in [1.29, 1.82) is 0 Å². The second-order valence-electron chi connectivity index (χ2n) is 3.28. The van der Waals surface area contributed by atoms with Gasteiger partial charge in [0.05, 0.1) is 0 Å². The molecule has 0 saturated heterocycles. The first-order valence-corrected chi connectivity index (χ1v) is 6.20. The van der Waals surface area contributed by atoms with Crippen LogP contribution in [0.25, 0.3) is 0 Å². The van der Waals surface area contributed by atoms with Gasteiger partial charge in [-0.2, -0.15) is 13.2 Å². The largest absolute Gasteiger partial charge is 0.446 e. The van der Waals surface area contributed by atoms with Crippen LogP contribution in [0.5, 0.6) is 0 Å². The molecular weight excluding hydrogens is 273 g/mol. The fourth-order valence-electron chi connectivity index (χ4n) is 1.26. The molecule has 0 aliphatic rings. The van der Waals surface area contributed by atoms with Crippen molar-refractivity contribution in [3.8, 4) is 0 Å². The van der Waals surface area contributed by atoms with Gasteiger partial charge in [0.15, 0.2) is 5.78 Å². The van der Waals surface area contributed by atoms with E-state index in [9.17, 15) is 18.0 Å². The third-order valence-electron chi connectivity index (χ3n) is 2.08. The van der Waals surface area contributed by atoms with E-state index in [1.165, 1.54) is 18.2 Å². The van der Waals surface area contributed by atoms with Crippen LogP contribution in [0.15, 0.2) is 23.1 Å². The topological polar surface area (TPSA) is 17.1 Å². The van der Waals surface area contributed by atoms with Gasteiger partial charge >= 0.3 is 5.51 Å². The van der Waals surface area contributed by atoms with Gasteiger partial charge < -0.3 is 0 Å². The third-order valence-corrected chi connectivity index (χ3v) is 3.20. The van der Waals surface area contributed by atoms with Gasteiger partial charge in [-0.15, -0.1) is 11.6 Å². The monoisotopic (exact) mass is 282 g/mol. The molecule has 1 rings (SSSR count). The van der Waals surface area contributed by atoms with Crippen LogP contribution in [0.3, 0.4) is 0 Å². The van der Waals surface area contributed by atoms with Crippen LogP contribution in [0.4, 0.5) is 13.2 Å². The number of carbonyl (C=O) groups is 1. The first-order valence-electron chi connectivity index (χ1n) is 4.85. The highest BCUT2D eigenvalue weighted by molar-refractivity contribution is 8.00. The zero-order valence-corrected chi connectivity index (χ0v) is 10.5. The molecule has 0 spiro atoms. The Bertz CT molecular complexity index is 418. The summed E-state index contributed by atoms with van der Waals surface area (Å²) in [6, 6.07) is 4.22. The van der Waals surface area contributed by atoms with Gasteiger partial charge in [0, 0.05) is 22.8 Å². The van der Waals surface area contributed by atoms with E-state index in [1.54, 1.807) is 6.92 Å². The quantitative estimate of drug-likeness (QED) is 0.455. The van der Waals surface area contributed by atoms with Crippen molar-refractivity contribution >= 4 is 29.1 Å². The summed E-state index contributed by atoms with van der Waals surface area (Å²) < 4.78 is 36.9. The number of thioether (sulfide) groups is 1. The summed E-state index contributed by atoms with van der Waals surface area (Å²) in [5.41, 5.74) is -3.72. The zero-order chi connectivity index (χ0) is 13.1. The van der Waals surface area contributed by atoms with Gasteiger partial charge in [-0.05, 0) is 23.4 Å². The lowest BCUT2D eigenvalue weighted by atomic mass is 10.1. The minimum absolute atomic E-state index is 0.00759. The number of hydrogen-bond acceptors (Lipinski definition) is 2. The number of carbonyl (C=O) groups excluding carboxylic acids is 1. The number of halogens is 4. The normalized spacial score (nSPS) is 11.6. The average molecular weight is 283 g/mol. The molecule has 0 N–H and O–H groups in total. The molecule has 1 nitrogen and oxygen atoms in total. The van der Waals surface area contributed by atoms with Crippen LogP contribution in [0, 0.1) is 0 Å². The molecule has 94 valence electrons. The van der Waals surface area contributed by atoms with E-state index in [0.29, 0.717) is 5.56 Å². The molecule has 0 bridgehead atoms. The Kier molecular flexibility index (Phi) is 4.89. The molecule has 0 radical (unpaired) electrons. The van der Waals surface area contributed by atoms with Crippen LogP contribution < -0.4 is 0 Å². The Morgan fingerprint density at radius 3 is 2.53 bits per heavy atom. The summed E-state index contributed by atoms with van der Waals surface area (Å²) in [4.78, 5) is 11.4. The first-order chi connectivity index (χ1) is 7.87. The third kappa shape index (κ3) is 4.24. The number of rotatable bonds is 4. The summed E-state index contributed by atoms with van der Waals surface area (Å²) in [6.45, 7) is 1.66. The predicted molar refractivity (Wildman–Crippen MR) is 62.5 cm³/mol. The molecule has 1 aromatic carbocycles. The number of Topliss-reactive ketones (excluding diaryl/α,β-unsaturated/α-hetero) is 1. The van der Waals surface area contributed by atoms with E-state index in [-0.39, 0.29) is 40.3 Å². The van der Waals surface area contributed by atoms with Crippen molar-refractivity contribution in [2.45, 2.75) is 29.6 Å². The highest BCUT2D eigenvalue weighted by atomic mass is 35.5. The predicted octanol–water partition coefficient (Wildman–Crippen LogP) is 4.63. The summed E-state index contributed by atoms with van der Waals surface area (Å²) in [5, 5.41) is 0. The zero-order valence-electron chi connectivity index (χ0n) is 8.97. The maximum Gasteiger partial charge on any atom is 0.446 e. The Morgan fingerprint density at radius 2 is 2.06 bits per heavy atom. The van der Waals surface area contributed by atoms with Crippen LogP contribution in [0.2, 0.25) is 0 Å². The summed E-state index contributed by atoms with van der Waals surface area (Å²) in [5.74, 6) is -0.200. The van der Waals surface area contributed by atoms with Gasteiger partial charge in [-0.1, -0.05) is 19.1 Å². The van der Waals surface area contributed by atoms with Gasteiger partial charge in [0.2, 0.25) is 0 Å². The van der Waals surface area contributed by atoms with E-state index < -0.39 is 5.51 Å². The lowest BCUT2D eigenvalue weighted by Crippen LogP contribution is -2.03. The molecule has 0 amide bonds. The van der Waals surface area contributed by atoms with Crippen molar-refractivity contribution in [2.75, 3.05) is 0 Å². The standard InChI is InChI=1S/C11H10ClF3OS/c1-2-9(16)7-3-4-8(6-12)10(5-7)17-11(13,14)15/h3-5H,2,6H2,1H3. The summed E-state index contributed by atoms with van der Waals surface area (Å²) >= 11 is 5.32. The van der Waals surface area contributed by atoms with Gasteiger partial charge in [-0.25, -0.2) is 0 Å². The molecule has 0 unspecified atom stereocenters. The van der Waals surface area contributed by atoms with E-state index in [0.717, 1.165) is 0 Å². The van der Waals surface area contributed by atoms with Crippen molar-refractivity contribution in [3.05, 3.63) is 29.3 Å². The first kappa shape index (κ1) is 14.4. The summed E-state index contributed by atoms with van der Waals surface area (Å²) in [6.07, 6.45) is 0.260. The minimum Gasteiger partial charge on any atom is -0.294 e. The van der Waals surface area contributed by atoms with Crippen molar-refractivity contribution in [2.24, 2.45) is 0 Å². The van der Waals surface area contributed by atoms with E-state index in [2.05, 4.69) is 0 Å². The SMILES string of the molecule is CCC(=O)c1ccc(CCl)c(SC(F)(F)F)c1. The average Bonchev–Trinajstić information content (AvgIpc) is 2.25. The van der Waals surface area contributed by atoms with E-state index in [4.69, 9.17) is 11.6 Å². The highest BCUT2D eigenvalue weighted by Gasteiger charge is 2.30. The Morgan fingerprint density at radius 1 is 1.41 bits per heavy atom. The molecular formula is C11H10ClF3OS. The van der Waals surface area contributed by atoms with Crippen LogP contribution in [-0.2, 0) is 5.88 Å². The van der Waals surface area contributed by atoms with Gasteiger partial charge in [0.25, 0.3) is 0 Å². The summed E-state index contributed by atoms with van der Waals surface area (Å²) in [7, 11) is 0. The molecule has 17 heavy (non-hydrogen) atoms. The Balaban J connectivity index is 3.11. The molecule has 0 aliphatic heterocycles. The van der Waals surface area contributed by atoms with E-state index in [1.807, 2.05) is 0 Å². The smallest absolute Gasteiger partial charge is 0.294 e. The Labute approximate surface area is 106 Å². The molecule has 0 fully saturated rings. The van der Waals surface area contributed by atoms with Crippen LogP contribution >= 0.6 is 23.4 Å². The van der Waals surface area contributed by atoms with Crippen LogP contribution in [-0.4, -0.2) is 11.3 Å². The molecule has 6 heteroatoms. The lowest BCUT2D eigenvalue weighted by molar-refractivity contribution is -0.0328. The molecule has 0 heterocycles. The highest BCUT2D eigenvalue weighted by Crippen LogP contribution is 2.39. The van der Waals surface area contributed by atoms with Crippen LogP contribution in [0.1, 0.15) is 29.3 Å². The van der Waals surface area contributed by atoms with Gasteiger partial charge in [0.1, 0.15) is 0 Å². The minimum atomic E-state index is -4.38. The maximum absolute atomic E-state index is 12.3. The number of benzene rings is 1. The molecule has 0 aromatic heterocycles. The van der Waals surface area contributed by atoms with Crippen molar-refractivity contribution in [3.63, 3.8) is 0 Å². The number of ketones is 1. The van der Waals surface area contributed by atoms with Crippen molar-refractivity contribution in [1.82, 2.24) is 0 Å². The van der Waals surface area contributed by atoms with Crippen molar-refractivity contribution < 1.29 is 18.0 Å². The fourth-order valence-corrected chi connectivity index (χ4v) is 2.28. The van der Waals surface area contributed by atoms with Gasteiger partial charge in [-0.3, -0.25) is 4.79 Å². The van der Waals surface area contributed by atoms with E-state index >= 15 is 0 Å². The second kappa shape index (κ2) is 5.78. The molecule has 0 atom stereocenters. The second-order valence-corrected chi connectivity index (χ2v) is 4.65. The number of hydrogen-bond donors (Lipinski definition) is 0. The molecule has 1 aromatic rings.